The highest BCUT2D eigenvalue weighted by Crippen LogP contribution is 2.29. The Morgan fingerprint density at radius 3 is 2.85 bits per heavy atom. The van der Waals surface area contributed by atoms with Crippen LogP contribution in [0.1, 0.15) is 30.4 Å². The third-order valence-corrected chi connectivity index (χ3v) is 3.61. The van der Waals surface area contributed by atoms with E-state index in [0.717, 1.165) is 36.1 Å². The van der Waals surface area contributed by atoms with Crippen LogP contribution in [0.3, 0.4) is 0 Å². The van der Waals surface area contributed by atoms with Crippen LogP contribution in [0.5, 0.6) is 0 Å². The van der Waals surface area contributed by atoms with Crippen LogP contribution in [-0.2, 0) is 0 Å². The largest absolute Gasteiger partial charge is 0.325 e. The van der Waals surface area contributed by atoms with E-state index in [1.165, 1.54) is 6.42 Å². The van der Waals surface area contributed by atoms with Crippen LogP contribution in [-0.4, -0.2) is 33.4 Å². The zero-order chi connectivity index (χ0) is 13.9. The molecule has 3 rings (SSSR count). The first-order valence-corrected chi connectivity index (χ1v) is 6.96. The maximum Gasteiger partial charge on any atom is 0.148 e. The molecule has 2 aromatic rings. The molecule has 1 unspecified atom stereocenters. The highest BCUT2D eigenvalue weighted by atomic mass is 15.2. The van der Waals surface area contributed by atoms with Gasteiger partial charge in [-0.3, -0.25) is 4.90 Å². The smallest absolute Gasteiger partial charge is 0.148 e. The summed E-state index contributed by atoms with van der Waals surface area (Å²) >= 11 is 0. The molecule has 1 saturated heterocycles. The Morgan fingerprint density at radius 1 is 1.25 bits per heavy atom. The number of anilines is 2. The number of nitrogens with one attached hydrogen (secondary N) is 1. The SMILES string of the molecule is Cc1cc(Nc2ccccn2)nc(C2CCCN2C)n1. The predicted octanol–water partition coefficient (Wildman–Crippen LogP) is 2.69. The minimum atomic E-state index is 0.333. The number of likely N-dealkylation sites (tertiary alicyclic amines) is 1. The fraction of sp³-hybridized carbons (Fsp3) is 0.400. The zero-order valence-electron chi connectivity index (χ0n) is 11.9. The number of aromatic nitrogens is 3. The first-order valence-electron chi connectivity index (χ1n) is 6.96. The van der Waals surface area contributed by atoms with Crippen LogP contribution in [0.4, 0.5) is 11.6 Å². The Kier molecular flexibility index (Phi) is 3.60. The number of pyridine rings is 1. The minimum absolute atomic E-state index is 0.333. The van der Waals surface area contributed by atoms with E-state index in [1.54, 1.807) is 6.20 Å². The Labute approximate surface area is 119 Å². The third-order valence-electron chi connectivity index (χ3n) is 3.61. The van der Waals surface area contributed by atoms with Gasteiger partial charge in [0.25, 0.3) is 0 Å². The van der Waals surface area contributed by atoms with Gasteiger partial charge >= 0.3 is 0 Å². The van der Waals surface area contributed by atoms with E-state index in [2.05, 4.69) is 32.2 Å². The molecule has 0 aromatic carbocycles. The molecule has 0 bridgehead atoms. The zero-order valence-corrected chi connectivity index (χ0v) is 11.9. The number of hydrogen-bond donors (Lipinski definition) is 1. The van der Waals surface area contributed by atoms with Crippen molar-refractivity contribution < 1.29 is 0 Å². The van der Waals surface area contributed by atoms with Crippen molar-refractivity contribution in [3.05, 3.63) is 42.0 Å². The Morgan fingerprint density at radius 2 is 2.15 bits per heavy atom. The lowest BCUT2D eigenvalue weighted by Gasteiger charge is -2.19. The van der Waals surface area contributed by atoms with E-state index in [1.807, 2.05) is 31.2 Å². The molecule has 2 aromatic heterocycles. The quantitative estimate of drug-likeness (QED) is 0.928. The second kappa shape index (κ2) is 5.54. The third kappa shape index (κ3) is 2.77. The van der Waals surface area contributed by atoms with E-state index in [9.17, 15) is 0 Å². The van der Waals surface area contributed by atoms with Crippen molar-refractivity contribution in [2.75, 3.05) is 18.9 Å². The van der Waals surface area contributed by atoms with Gasteiger partial charge in [-0.2, -0.15) is 0 Å². The van der Waals surface area contributed by atoms with Gasteiger partial charge in [0.05, 0.1) is 6.04 Å². The van der Waals surface area contributed by atoms with E-state index in [-0.39, 0.29) is 0 Å². The highest BCUT2D eigenvalue weighted by molar-refractivity contribution is 5.51. The summed E-state index contributed by atoms with van der Waals surface area (Å²) in [6, 6.07) is 8.07. The Balaban J connectivity index is 1.87. The second-order valence-electron chi connectivity index (χ2n) is 5.23. The molecule has 0 spiro atoms. The summed E-state index contributed by atoms with van der Waals surface area (Å²) in [6.07, 6.45) is 4.10. The van der Waals surface area contributed by atoms with Crippen LogP contribution in [0.25, 0.3) is 0 Å². The van der Waals surface area contributed by atoms with E-state index < -0.39 is 0 Å². The lowest BCUT2D eigenvalue weighted by molar-refractivity contribution is 0.305. The summed E-state index contributed by atoms with van der Waals surface area (Å²) in [5.74, 6) is 2.52. The summed E-state index contributed by atoms with van der Waals surface area (Å²) in [4.78, 5) is 15.8. The van der Waals surface area contributed by atoms with Gasteiger partial charge < -0.3 is 5.32 Å². The van der Waals surface area contributed by atoms with E-state index in [4.69, 9.17) is 0 Å². The van der Waals surface area contributed by atoms with Crippen molar-refractivity contribution in [2.45, 2.75) is 25.8 Å². The van der Waals surface area contributed by atoms with Gasteiger partial charge in [-0.25, -0.2) is 15.0 Å². The molecule has 5 nitrogen and oxygen atoms in total. The molecule has 1 N–H and O–H groups in total. The first kappa shape index (κ1) is 13.0. The molecule has 1 aliphatic rings. The molecular formula is C15H19N5. The van der Waals surface area contributed by atoms with Crippen molar-refractivity contribution in [1.29, 1.82) is 0 Å². The van der Waals surface area contributed by atoms with Crippen molar-refractivity contribution in [3.8, 4) is 0 Å². The molecule has 1 aliphatic heterocycles. The summed E-state index contributed by atoms with van der Waals surface area (Å²) < 4.78 is 0. The predicted molar refractivity (Wildman–Crippen MR) is 78.9 cm³/mol. The Hall–Kier alpha value is -2.01. The van der Waals surface area contributed by atoms with Gasteiger partial charge in [0, 0.05) is 18.0 Å². The molecule has 0 aliphatic carbocycles. The van der Waals surface area contributed by atoms with Crippen LogP contribution in [0.15, 0.2) is 30.5 Å². The standard InChI is InChI=1S/C15H19N5/c1-11-10-14(18-13-7-3-4-8-16-13)19-15(17-11)12-6-5-9-20(12)2/h3-4,7-8,10,12H,5-6,9H2,1-2H3,(H,16,17,18,19). The fourth-order valence-electron chi connectivity index (χ4n) is 2.61. The number of nitrogens with zero attached hydrogens (tertiary/aromatic N) is 4. The van der Waals surface area contributed by atoms with E-state index >= 15 is 0 Å². The molecule has 20 heavy (non-hydrogen) atoms. The molecule has 0 amide bonds. The van der Waals surface area contributed by atoms with Crippen molar-refractivity contribution in [3.63, 3.8) is 0 Å². The van der Waals surface area contributed by atoms with Crippen LogP contribution < -0.4 is 5.32 Å². The van der Waals surface area contributed by atoms with Gasteiger partial charge in [0.15, 0.2) is 0 Å². The molecular weight excluding hydrogens is 250 g/mol. The summed E-state index contributed by atoms with van der Waals surface area (Å²) in [5.41, 5.74) is 0.980. The summed E-state index contributed by atoms with van der Waals surface area (Å²) in [6.45, 7) is 3.12. The van der Waals surface area contributed by atoms with Crippen LogP contribution >= 0.6 is 0 Å². The summed E-state index contributed by atoms with van der Waals surface area (Å²) in [7, 11) is 2.13. The molecule has 0 radical (unpaired) electrons. The molecule has 5 heteroatoms. The van der Waals surface area contributed by atoms with Crippen LogP contribution in [0.2, 0.25) is 0 Å². The molecule has 1 fully saturated rings. The maximum atomic E-state index is 4.66. The topological polar surface area (TPSA) is 53.9 Å². The van der Waals surface area contributed by atoms with Crippen LogP contribution in [0, 0.1) is 6.92 Å². The second-order valence-corrected chi connectivity index (χ2v) is 5.23. The van der Waals surface area contributed by atoms with Gasteiger partial charge in [0.1, 0.15) is 17.5 Å². The van der Waals surface area contributed by atoms with Crippen molar-refractivity contribution >= 4 is 11.6 Å². The maximum absolute atomic E-state index is 4.66. The van der Waals surface area contributed by atoms with Gasteiger partial charge in [-0.1, -0.05) is 6.07 Å². The average Bonchev–Trinajstić information content (AvgIpc) is 2.85. The average molecular weight is 269 g/mol. The summed E-state index contributed by atoms with van der Waals surface area (Å²) in [5, 5.41) is 3.24. The molecule has 1 atom stereocenters. The lowest BCUT2D eigenvalue weighted by atomic mass is 10.2. The Bertz CT molecular complexity index is 584. The molecule has 0 saturated carbocycles. The number of hydrogen-bond acceptors (Lipinski definition) is 5. The van der Waals surface area contributed by atoms with Gasteiger partial charge in [-0.05, 0) is 45.5 Å². The molecule has 104 valence electrons. The van der Waals surface area contributed by atoms with Crippen molar-refractivity contribution in [1.82, 2.24) is 19.9 Å². The van der Waals surface area contributed by atoms with E-state index in [0.29, 0.717) is 6.04 Å². The molecule has 3 heterocycles. The number of rotatable bonds is 3. The van der Waals surface area contributed by atoms with Gasteiger partial charge in [-0.15, -0.1) is 0 Å². The van der Waals surface area contributed by atoms with Gasteiger partial charge in [0.2, 0.25) is 0 Å². The minimum Gasteiger partial charge on any atom is -0.325 e. The fourth-order valence-corrected chi connectivity index (χ4v) is 2.61. The normalized spacial score (nSPS) is 19.2. The first-order chi connectivity index (χ1) is 9.72. The lowest BCUT2D eigenvalue weighted by Crippen LogP contribution is -2.20. The van der Waals surface area contributed by atoms with Crippen molar-refractivity contribution in [2.24, 2.45) is 0 Å². The highest BCUT2D eigenvalue weighted by Gasteiger charge is 2.25. The number of aryl methyl sites for hydroxylation is 1. The monoisotopic (exact) mass is 269 g/mol.